The van der Waals surface area contributed by atoms with Crippen LogP contribution in [0.25, 0.3) is 0 Å². The molecular formula is C21H27N5OS. The lowest BCUT2D eigenvalue weighted by Gasteiger charge is -2.32. The van der Waals surface area contributed by atoms with E-state index in [0.29, 0.717) is 5.57 Å². The first-order valence-corrected chi connectivity index (χ1v) is 10.2. The number of nitrogens with one attached hydrogen (secondary N) is 1. The quantitative estimate of drug-likeness (QED) is 0.779. The van der Waals surface area contributed by atoms with Gasteiger partial charge in [-0.05, 0) is 46.0 Å². The van der Waals surface area contributed by atoms with Crippen LogP contribution in [0.1, 0.15) is 18.3 Å². The van der Waals surface area contributed by atoms with Crippen molar-refractivity contribution in [1.29, 1.82) is 0 Å². The topological polar surface area (TPSA) is 61.4 Å². The highest BCUT2D eigenvalue weighted by Crippen LogP contribution is 2.33. The highest BCUT2D eigenvalue weighted by atomic mass is 32.2. The minimum atomic E-state index is -0.172. The van der Waals surface area contributed by atoms with Crippen LogP contribution in [0.5, 0.6) is 0 Å². The van der Waals surface area contributed by atoms with Gasteiger partial charge in [-0.15, -0.1) is 0 Å². The first-order chi connectivity index (χ1) is 13.3. The Bertz CT molecular complexity index is 867. The molecule has 1 amide bonds. The Hall–Kier alpha value is -2.38. The van der Waals surface area contributed by atoms with E-state index in [1.165, 1.54) is 0 Å². The molecule has 1 aromatic heterocycles. The fraction of sp³-hybridized carbons (Fsp3) is 0.381. The second-order valence-corrected chi connectivity index (χ2v) is 8.26. The van der Waals surface area contributed by atoms with E-state index in [9.17, 15) is 4.79 Å². The highest BCUT2D eigenvalue weighted by Gasteiger charge is 2.19. The minimum absolute atomic E-state index is 0.172. The summed E-state index contributed by atoms with van der Waals surface area (Å²) in [6.07, 6.45) is 0. The van der Waals surface area contributed by atoms with E-state index in [-0.39, 0.29) is 5.91 Å². The molecule has 0 aliphatic carbocycles. The predicted molar refractivity (Wildman–Crippen MR) is 115 cm³/mol. The van der Waals surface area contributed by atoms with Gasteiger partial charge < -0.3 is 15.1 Å². The lowest BCUT2D eigenvalue weighted by Crippen LogP contribution is -2.45. The molecule has 7 heteroatoms. The number of benzene rings is 1. The molecule has 1 aliphatic heterocycles. The van der Waals surface area contributed by atoms with Crippen LogP contribution in [0.3, 0.4) is 0 Å². The van der Waals surface area contributed by atoms with Gasteiger partial charge in [0.05, 0.1) is 16.3 Å². The molecule has 1 aromatic carbocycles. The molecule has 1 fully saturated rings. The smallest absolute Gasteiger partial charge is 0.250 e. The number of aryl methyl sites for hydroxylation is 2. The summed E-state index contributed by atoms with van der Waals surface area (Å²) in [5.74, 6) is 0.643. The van der Waals surface area contributed by atoms with Crippen LogP contribution in [0.15, 0.2) is 46.2 Å². The van der Waals surface area contributed by atoms with Crippen LogP contribution < -0.4 is 10.2 Å². The number of anilines is 2. The molecule has 0 atom stereocenters. The number of amides is 1. The number of carbonyl (C=O) groups excluding carboxylic acids is 1. The fourth-order valence-electron chi connectivity index (χ4n) is 2.98. The largest absolute Gasteiger partial charge is 0.338 e. The van der Waals surface area contributed by atoms with Crippen molar-refractivity contribution in [3.8, 4) is 0 Å². The Balaban J connectivity index is 1.77. The van der Waals surface area contributed by atoms with Crippen molar-refractivity contribution < 1.29 is 4.79 Å². The average Bonchev–Trinajstić information content (AvgIpc) is 2.65. The number of piperazine rings is 1. The van der Waals surface area contributed by atoms with Gasteiger partial charge in [-0.1, -0.05) is 24.4 Å². The minimum Gasteiger partial charge on any atom is -0.338 e. The van der Waals surface area contributed by atoms with Crippen molar-refractivity contribution >= 4 is 29.3 Å². The second-order valence-electron chi connectivity index (χ2n) is 7.18. The number of carbonyl (C=O) groups is 1. The van der Waals surface area contributed by atoms with Crippen LogP contribution in [0.2, 0.25) is 0 Å². The van der Waals surface area contributed by atoms with E-state index < -0.39 is 0 Å². The van der Waals surface area contributed by atoms with Crippen molar-refractivity contribution in [2.75, 3.05) is 43.4 Å². The maximum absolute atomic E-state index is 11.9. The molecule has 3 rings (SSSR count). The summed E-state index contributed by atoms with van der Waals surface area (Å²) in [6, 6.07) is 7.78. The van der Waals surface area contributed by atoms with Crippen LogP contribution in [-0.4, -0.2) is 54.0 Å². The number of likely N-dealkylation sites (N-methyl/N-ethyl adjacent to an activating group) is 1. The van der Waals surface area contributed by atoms with E-state index in [1.54, 1.807) is 18.7 Å². The molecular weight excluding hydrogens is 370 g/mol. The van der Waals surface area contributed by atoms with Crippen LogP contribution in [0, 0.1) is 13.8 Å². The van der Waals surface area contributed by atoms with Gasteiger partial charge in [-0.2, -0.15) is 0 Å². The van der Waals surface area contributed by atoms with Gasteiger partial charge in [0.2, 0.25) is 5.95 Å². The number of rotatable bonds is 5. The average molecular weight is 398 g/mol. The Morgan fingerprint density at radius 1 is 1.14 bits per heavy atom. The van der Waals surface area contributed by atoms with Gasteiger partial charge in [-0.3, -0.25) is 4.79 Å². The summed E-state index contributed by atoms with van der Waals surface area (Å²) in [5, 5.41) is 2.86. The Kier molecular flexibility index (Phi) is 6.36. The van der Waals surface area contributed by atoms with Gasteiger partial charge in [0.25, 0.3) is 5.91 Å². The molecule has 1 aliphatic rings. The lowest BCUT2D eigenvalue weighted by molar-refractivity contribution is -0.112. The SMILES string of the molecule is C=C(C)C(=O)Nc1cccc(Sc2c(C)nc(N3CCN(C)CC3)nc2C)c1. The lowest BCUT2D eigenvalue weighted by atomic mass is 10.3. The zero-order chi connectivity index (χ0) is 20.3. The number of nitrogens with zero attached hydrogens (tertiary/aromatic N) is 4. The first-order valence-electron chi connectivity index (χ1n) is 9.37. The third kappa shape index (κ3) is 4.91. The molecule has 2 heterocycles. The molecule has 0 unspecified atom stereocenters. The number of hydrogen-bond acceptors (Lipinski definition) is 6. The van der Waals surface area contributed by atoms with Crippen LogP contribution >= 0.6 is 11.8 Å². The van der Waals surface area contributed by atoms with E-state index >= 15 is 0 Å². The fourth-order valence-corrected chi connectivity index (χ4v) is 3.93. The van der Waals surface area contributed by atoms with Crippen molar-refractivity contribution in [1.82, 2.24) is 14.9 Å². The van der Waals surface area contributed by atoms with E-state index in [4.69, 9.17) is 9.97 Å². The van der Waals surface area contributed by atoms with E-state index in [0.717, 1.165) is 59.0 Å². The normalized spacial score (nSPS) is 14.8. The Morgan fingerprint density at radius 2 is 1.79 bits per heavy atom. The summed E-state index contributed by atoms with van der Waals surface area (Å²) in [4.78, 5) is 28.0. The van der Waals surface area contributed by atoms with Gasteiger partial charge >= 0.3 is 0 Å². The first kappa shape index (κ1) is 20.4. The van der Waals surface area contributed by atoms with Crippen molar-refractivity contribution in [3.05, 3.63) is 47.8 Å². The Morgan fingerprint density at radius 3 is 2.39 bits per heavy atom. The molecule has 1 saturated heterocycles. The second kappa shape index (κ2) is 8.75. The molecule has 1 N–H and O–H groups in total. The standard InChI is InChI=1S/C21H27N5OS/c1-14(2)20(27)24-17-7-6-8-18(13-17)28-19-15(3)22-21(23-16(19)4)26-11-9-25(5)10-12-26/h6-8,13H,1,9-12H2,2-5H3,(H,24,27). The molecule has 6 nitrogen and oxygen atoms in total. The maximum Gasteiger partial charge on any atom is 0.250 e. The van der Waals surface area contributed by atoms with E-state index in [2.05, 4.69) is 28.7 Å². The van der Waals surface area contributed by atoms with Gasteiger partial charge in [0.1, 0.15) is 0 Å². The molecule has 28 heavy (non-hydrogen) atoms. The van der Waals surface area contributed by atoms with Gasteiger partial charge in [0.15, 0.2) is 0 Å². The van der Waals surface area contributed by atoms with Crippen LogP contribution in [0.4, 0.5) is 11.6 Å². The third-order valence-corrected chi connectivity index (χ3v) is 5.96. The highest BCUT2D eigenvalue weighted by molar-refractivity contribution is 7.99. The summed E-state index contributed by atoms with van der Waals surface area (Å²) in [7, 11) is 2.14. The predicted octanol–water partition coefficient (Wildman–Crippen LogP) is 3.51. The van der Waals surface area contributed by atoms with E-state index in [1.807, 2.05) is 38.1 Å². The zero-order valence-corrected chi connectivity index (χ0v) is 17.8. The Labute approximate surface area is 171 Å². The maximum atomic E-state index is 11.9. The van der Waals surface area contributed by atoms with Crippen molar-refractivity contribution in [2.24, 2.45) is 0 Å². The molecule has 0 bridgehead atoms. The monoisotopic (exact) mass is 397 g/mol. The van der Waals surface area contributed by atoms with Crippen molar-refractivity contribution in [2.45, 2.75) is 30.6 Å². The summed E-state index contributed by atoms with van der Waals surface area (Å²) in [5.41, 5.74) is 3.19. The van der Waals surface area contributed by atoms with Gasteiger partial charge in [0, 0.05) is 42.3 Å². The number of hydrogen-bond donors (Lipinski definition) is 1. The van der Waals surface area contributed by atoms with Gasteiger partial charge in [-0.25, -0.2) is 9.97 Å². The molecule has 0 spiro atoms. The zero-order valence-electron chi connectivity index (χ0n) is 17.0. The molecule has 0 radical (unpaired) electrons. The van der Waals surface area contributed by atoms with Crippen LogP contribution in [-0.2, 0) is 4.79 Å². The molecule has 148 valence electrons. The van der Waals surface area contributed by atoms with Crippen molar-refractivity contribution in [3.63, 3.8) is 0 Å². The third-order valence-electron chi connectivity index (χ3n) is 4.68. The number of aromatic nitrogens is 2. The summed E-state index contributed by atoms with van der Waals surface area (Å²) >= 11 is 1.62. The molecule has 0 saturated carbocycles. The summed E-state index contributed by atoms with van der Waals surface area (Å²) < 4.78 is 0. The molecule has 2 aromatic rings. The summed E-state index contributed by atoms with van der Waals surface area (Å²) in [6.45, 7) is 13.4.